The van der Waals surface area contributed by atoms with Crippen molar-refractivity contribution in [2.24, 2.45) is 0 Å². The van der Waals surface area contributed by atoms with Crippen LogP contribution in [-0.4, -0.2) is 52.3 Å². The zero-order valence-electron chi connectivity index (χ0n) is 19.2. The van der Waals surface area contributed by atoms with Crippen LogP contribution >= 0.6 is 0 Å². The van der Waals surface area contributed by atoms with Crippen molar-refractivity contribution in [3.63, 3.8) is 0 Å². The van der Waals surface area contributed by atoms with Gasteiger partial charge in [0.05, 0.1) is 17.6 Å². The van der Waals surface area contributed by atoms with E-state index in [2.05, 4.69) is 10.2 Å². The van der Waals surface area contributed by atoms with E-state index in [1.165, 1.54) is 10.6 Å². The molecule has 176 valence electrons. The third-order valence-electron chi connectivity index (χ3n) is 6.13. The normalized spacial score (nSPS) is 15.3. The van der Waals surface area contributed by atoms with Crippen LogP contribution in [0.15, 0.2) is 53.3 Å². The van der Waals surface area contributed by atoms with E-state index in [0.717, 1.165) is 44.4 Å². The predicted molar refractivity (Wildman–Crippen MR) is 126 cm³/mol. The number of fused-ring (bicyclic) bond motifs is 1. The molecule has 8 heteroatoms. The highest BCUT2D eigenvalue weighted by molar-refractivity contribution is 5.89. The summed E-state index contributed by atoms with van der Waals surface area (Å²) in [5.74, 6) is -0.0577. The number of ether oxygens (including phenoxy) is 1. The Morgan fingerprint density at radius 2 is 1.76 bits per heavy atom. The number of nitrogens with zero attached hydrogens (tertiary/aromatic N) is 3. The summed E-state index contributed by atoms with van der Waals surface area (Å²) in [4.78, 5) is 28.3. The number of imidazole rings is 1. The number of hydrogen-bond acceptors (Lipinski definition) is 4. The molecular formula is C25H31FN4O3. The quantitative estimate of drug-likeness (QED) is 0.548. The first-order valence-electron chi connectivity index (χ1n) is 11.6. The van der Waals surface area contributed by atoms with Crippen molar-refractivity contribution < 1.29 is 13.9 Å². The molecule has 1 aliphatic rings. The molecule has 3 aromatic rings. The van der Waals surface area contributed by atoms with Gasteiger partial charge in [0.15, 0.2) is 11.6 Å². The van der Waals surface area contributed by atoms with E-state index in [4.69, 9.17) is 4.74 Å². The smallest absolute Gasteiger partial charge is 0.337 e. The van der Waals surface area contributed by atoms with E-state index in [0.29, 0.717) is 12.1 Å². The van der Waals surface area contributed by atoms with Crippen LogP contribution in [0.1, 0.15) is 39.2 Å². The molecule has 0 spiro atoms. The van der Waals surface area contributed by atoms with Crippen molar-refractivity contribution in [2.75, 3.05) is 26.2 Å². The fourth-order valence-electron chi connectivity index (χ4n) is 4.44. The number of halogens is 1. The van der Waals surface area contributed by atoms with Crippen molar-refractivity contribution in [1.82, 2.24) is 19.4 Å². The molecule has 1 aliphatic heterocycles. The van der Waals surface area contributed by atoms with Crippen molar-refractivity contribution >= 4 is 17.1 Å². The molecule has 0 bridgehead atoms. The van der Waals surface area contributed by atoms with Gasteiger partial charge in [0.2, 0.25) is 0 Å². The Morgan fingerprint density at radius 3 is 2.45 bits per heavy atom. The molecule has 0 radical (unpaired) electrons. The Morgan fingerprint density at radius 1 is 1.09 bits per heavy atom. The SMILES string of the molecule is CC(C)n1c(=O)n(C(=O)NC2CCN(CCCOc3ccccc3F)CC2)c2ccccc21. The number of carbonyl (C=O) groups excluding carboxylic acids is 1. The van der Waals surface area contributed by atoms with E-state index >= 15 is 0 Å². The highest BCUT2D eigenvalue weighted by atomic mass is 19.1. The lowest BCUT2D eigenvalue weighted by atomic mass is 10.1. The van der Waals surface area contributed by atoms with Crippen LogP contribution in [0, 0.1) is 5.82 Å². The standard InChI is InChI=1S/C25H31FN4O3/c1-18(2)29-21-9-4-5-10-22(21)30(25(29)32)24(31)27-19-12-15-28(16-13-19)14-7-17-33-23-11-6-3-8-20(23)26/h3-6,8-11,18-19H,7,12-17H2,1-2H3,(H,27,31). The summed E-state index contributed by atoms with van der Waals surface area (Å²) in [7, 11) is 0. The Hall–Kier alpha value is -3.13. The number of hydrogen-bond donors (Lipinski definition) is 1. The minimum absolute atomic E-state index is 0.0245. The van der Waals surface area contributed by atoms with Crippen molar-refractivity contribution in [1.29, 1.82) is 0 Å². The number of amides is 1. The minimum atomic E-state index is -0.368. The lowest BCUT2D eigenvalue weighted by Crippen LogP contribution is -2.47. The summed E-state index contributed by atoms with van der Waals surface area (Å²) >= 11 is 0. The number of rotatable bonds is 7. The van der Waals surface area contributed by atoms with Crippen LogP contribution < -0.4 is 15.7 Å². The number of aromatic nitrogens is 2. The number of likely N-dealkylation sites (tertiary alicyclic amines) is 1. The first-order valence-corrected chi connectivity index (χ1v) is 11.6. The molecule has 2 aromatic carbocycles. The first kappa shape index (κ1) is 23.0. The summed E-state index contributed by atoms with van der Waals surface area (Å²) < 4.78 is 22.0. The number of carbonyl (C=O) groups is 1. The van der Waals surface area contributed by atoms with Crippen LogP contribution in [-0.2, 0) is 0 Å². The molecular weight excluding hydrogens is 423 g/mol. The van der Waals surface area contributed by atoms with Crippen molar-refractivity contribution in [3.05, 3.63) is 64.8 Å². The third-order valence-corrected chi connectivity index (χ3v) is 6.13. The van der Waals surface area contributed by atoms with Gasteiger partial charge >= 0.3 is 11.7 Å². The molecule has 1 N–H and O–H groups in total. The molecule has 1 aromatic heterocycles. The van der Waals surface area contributed by atoms with Crippen LogP contribution in [0.2, 0.25) is 0 Å². The molecule has 1 saturated heterocycles. The van der Waals surface area contributed by atoms with E-state index in [9.17, 15) is 14.0 Å². The van der Waals surface area contributed by atoms with Gasteiger partial charge in [-0.1, -0.05) is 24.3 Å². The van der Waals surface area contributed by atoms with Gasteiger partial charge in [0, 0.05) is 31.7 Å². The molecule has 1 fully saturated rings. The molecule has 0 aliphatic carbocycles. The molecule has 7 nitrogen and oxygen atoms in total. The molecule has 33 heavy (non-hydrogen) atoms. The van der Waals surface area contributed by atoms with Gasteiger partial charge in [-0.25, -0.2) is 18.5 Å². The van der Waals surface area contributed by atoms with Gasteiger partial charge in [-0.15, -0.1) is 0 Å². The second-order valence-electron chi connectivity index (χ2n) is 8.77. The molecule has 0 unspecified atom stereocenters. The highest BCUT2D eigenvalue weighted by Gasteiger charge is 2.24. The van der Waals surface area contributed by atoms with E-state index in [-0.39, 0.29) is 35.4 Å². The predicted octanol–water partition coefficient (Wildman–Crippen LogP) is 4.01. The van der Waals surface area contributed by atoms with E-state index in [1.54, 1.807) is 28.8 Å². The number of piperidine rings is 1. The maximum Gasteiger partial charge on any atom is 0.337 e. The molecule has 0 atom stereocenters. The lowest BCUT2D eigenvalue weighted by Gasteiger charge is -2.32. The summed E-state index contributed by atoms with van der Waals surface area (Å²) in [5.41, 5.74) is 1.08. The Bertz CT molecular complexity index is 1160. The highest BCUT2D eigenvalue weighted by Crippen LogP contribution is 2.18. The molecule has 1 amide bonds. The van der Waals surface area contributed by atoms with Crippen molar-refractivity contribution in [2.45, 2.75) is 45.2 Å². The van der Waals surface area contributed by atoms with Crippen LogP contribution in [0.5, 0.6) is 5.75 Å². The monoisotopic (exact) mass is 454 g/mol. The average molecular weight is 455 g/mol. The zero-order valence-corrected chi connectivity index (χ0v) is 19.2. The minimum Gasteiger partial charge on any atom is -0.490 e. The lowest BCUT2D eigenvalue weighted by molar-refractivity contribution is 0.179. The fraction of sp³-hybridized carbons (Fsp3) is 0.440. The van der Waals surface area contributed by atoms with Crippen LogP contribution in [0.3, 0.4) is 0 Å². The topological polar surface area (TPSA) is 68.5 Å². The zero-order chi connectivity index (χ0) is 23.4. The third kappa shape index (κ3) is 5.11. The second kappa shape index (κ2) is 10.2. The van der Waals surface area contributed by atoms with Crippen LogP contribution in [0.4, 0.5) is 9.18 Å². The van der Waals surface area contributed by atoms with Gasteiger partial charge in [-0.05, 0) is 57.4 Å². The molecule has 4 rings (SSSR count). The summed E-state index contributed by atoms with van der Waals surface area (Å²) in [6, 6.07) is 13.4. The summed E-state index contributed by atoms with van der Waals surface area (Å²) in [5, 5.41) is 3.05. The van der Waals surface area contributed by atoms with Crippen molar-refractivity contribution in [3.8, 4) is 5.75 Å². The number of para-hydroxylation sites is 3. The van der Waals surface area contributed by atoms with E-state index < -0.39 is 0 Å². The van der Waals surface area contributed by atoms with Gasteiger partial charge in [0.1, 0.15) is 0 Å². The molecule has 2 heterocycles. The van der Waals surface area contributed by atoms with Crippen LogP contribution in [0.25, 0.3) is 11.0 Å². The van der Waals surface area contributed by atoms with Gasteiger partial charge in [0.25, 0.3) is 0 Å². The maximum atomic E-state index is 13.6. The average Bonchev–Trinajstić information content (AvgIpc) is 3.11. The number of nitrogens with one attached hydrogen (secondary N) is 1. The maximum absolute atomic E-state index is 13.6. The molecule has 0 saturated carbocycles. The summed E-state index contributed by atoms with van der Waals surface area (Å²) in [6.07, 6.45) is 2.43. The fourth-order valence-corrected chi connectivity index (χ4v) is 4.44. The Kier molecular flexibility index (Phi) is 7.13. The Labute approximate surface area is 192 Å². The Balaban J connectivity index is 1.28. The van der Waals surface area contributed by atoms with Gasteiger partial charge in [-0.3, -0.25) is 4.57 Å². The summed E-state index contributed by atoms with van der Waals surface area (Å²) in [6.45, 7) is 6.90. The number of benzene rings is 2. The first-order chi connectivity index (χ1) is 16.0. The largest absolute Gasteiger partial charge is 0.490 e. The van der Waals surface area contributed by atoms with Gasteiger partial charge < -0.3 is 15.0 Å². The van der Waals surface area contributed by atoms with E-state index in [1.807, 2.05) is 32.0 Å². The van der Waals surface area contributed by atoms with Gasteiger partial charge in [-0.2, -0.15) is 0 Å². The second-order valence-corrected chi connectivity index (χ2v) is 8.77.